The first kappa shape index (κ1) is 14.4. The van der Waals surface area contributed by atoms with E-state index in [-0.39, 0.29) is 17.4 Å². The molecule has 0 bridgehead atoms. The number of benzene rings is 1. The summed E-state index contributed by atoms with van der Waals surface area (Å²) in [6, 6.07) is 8.45. The predicted octanol–water partition coefficient (Wildman–Crippen LogP) is 2.26. The molecule has 1 saturated heterocycles. The van der Waals surface area contributed by atoms with Gasteiger partial charge in [-0.1, -0.05) is 45.0 Å². The number of rotatable bonds is 3. The Labute approximate surface area is 119 Å². The maximum atomic E-state index is 11.9. The van der Waals surface area contributed by atoms with Crippen molar-refractivity contribution in [3.8, 4) is 0 Å². The molecule has 104 valence electrons. The van der Waals surface area contributed by atoms with Crippen molar-refractivity contribution in [3.05, 3.63) is 35.4 Å². The predicted molar refractivity (Wildman–Crippen MR) is 81.2 cm³/mol. The molecule has 4 heteroatoms. The average Bonchev–Trinajstić information content (AvgIpc) is 2.89. The molecule has 19 heavy (non-hydrogen) atoms. The van der Waals surface area contributed by atoms with E-state index in [4.69, 9.17) is 0 Å². The number of hydrogen-bond donors (Lipinski definition) is 2. The molecule has 0 saturated carbocycles. The van der Waals surface area contributed by atoms with Crippen molar-refractivity contribution in [2.24, 2.45) is 0 Å². The highest BCUT2D eigenvalue weighted by Crippen LogP contribution is 2.22. The SMILES string of the molecule is CC(C)(C)c1ccc(CNC(=O)C2CSCN2)cc1. The number of amides is 1. The molecule has 0 spiro atoms. The molecular weight excluding hydrogens is 256 g/mol. The van der Waals surface area contributed by atoms with E-state index in [1.54, 1.807) is 11.8 Å². The third kappa shape index (κ3) is 3.98. The van der Waals surface area contributed by atoms with Crippen LogP contribution in [0.5, 0.6) is 0 Å². The quantitative estimate of drug-likeness (QED) is 0.891. The zero-order chi connectivity index (χ0) is 13.9. The zero-order valence-electron chi connectivity index (χ0n) is 11.8. The van der Waals surface area contributed by atoms with Crippen molar-refractivity contribution in [2.45, 2.75) is 38.8 Å². The summed E-state index contributed by atoms with van der Waals surface area (Å²) in [6.45, 7) is 7.21. The average molecular weight is 278 g/mol. The summed E-state index contributed by atoms with van der Waals surface area (Å²) in [4.78, 5) is 11.9. The summed E-state index contributed by atoms with van der Waals surface area (Å²) >= 11 is 1.76. The molecule has 1 unspecified atom stereocenters. The van der Waals surface area contributed by atoms with Crippen LogP contribution in [0.1, 0.15) is 31.9 Å². The fourth-order valence-electron chi connectivity index (χ4n) is 2.00. The molecule has 0 aromatic heterocycles. The molecule has 0 aliphatic carbocycles. The Morgan fingerprint density at radius 3 is 2.58 bits per heavy atom. The van der Waals surface area contributed by atoms with Gasteiger partial charge in [0.25, 0.3) is 0 Å². The Morgan fingerprint density at radius 2 is 2.05 bits per heavy atom. The van der Waals surface area contributed by atoms with E-state index in [9.17, 15) is 4.79 Å². The molecule has 1 amide bonds. The van der Waals surface area contributed by atoms with Gasteiger partial charge in [0.05, 0.1) is 6.04 Å². The summed E-state index contributed by atoms with van der Waals surface area (Å²) in [5.74, 6) is 1.84. The normalized spacial score (nSPS) is 19.4. The molecule has 2 rings (SSSR count). The largest absolute Gasteiger partial charge is 0.351 e. The number of hydrogen-bond acceptors (Lipinski definition) is 3. The lowest BCUT2D eigenvalue weighted by molar-refractivity contribution is -0.122. The first-order chi connectivity index (χ1) is 8.97. The van der Waals surface area contributed by atoms with Crippen molar-refractivity contribution in [2.75, 3.05) is 11.6 Å². The van der Waals surface area contributed by atoms with Gasteiger partial charge in [-0.2, -0.15) is 0 Å². The standard InChI is InChI=1S/C15H22N2OS/c1-15(2,3)12-6-4-11(5-7-12)8-16-14(18)13-9-19-10-17-13/h4-7,13,17H,8-10H2,1-3H3,(H,16,18). The van der Waals surface area contributed by atoms with Crippen LogP contribution in [0.2, 0.25) is 0 Å². The minimum absolute atomic E-state index is 0.0288. The van der Waals surface area contributed by atoms with E-state index < -0.39 is 0 Å². The van der Waals surface area contributed by atoms with Gasteiger partial charge in [-0.25, -0.2) is 0 Å². The molecule has 1 aliphatic rings. The molecular formula is C15H22N2OS. The van der Waals surface area contributed by atoms with E-state index in [2.05, 4.69) is 55.7 Å². The van der Waals surface area contributed by atoms with Crippen LogP contribution in [0.4, 0.5) is 0 Å². The highest BCUT2D eigenvalue weighted by Gasteiger charge is 2.21. The second kappa shape index (κ2) is 5.97. The van der Waals surface area contributed by atoms with Gasteiger partial charge in [0, 0.05) is 18.2 Å². The van der Waals surface area contributed by atoms with Crippen LogP contribution >= 0.6 is 11.8 Å². The zero-order valence-corrected chi connectivity index (χ0v) is 12.6. The van der Waals surface area contributed by atoms with Gasteiger partial charge in [-0.15, -0.1) is 11.8 Å². The van der Waals surface area contributed by atoms with Crippen LogP contribution in [0, 0.1) is 0 Å². The number of carbonyl (C=O) groups is 1. The van der Waals surface area contributed by atoms with Crippen molar-refractivity contribution in [3.63, 3.8) is 0 Å². The van der Waals surface area contributed by atoms with Crippen molar-refractivity contribution >= 4 is 17.7 Å². The molecule has 1 aromatic carbocycles. The molecule has 1 fully saturated rings. The second-order valence-corrected chi connectivity index (χ2v) is 6.97. The van der Waals surface area contributed by atoms with E-state index in [0.717, 1.165) is 17.2 Å². The van der Waals surface area contributed by atoms with Crippen LogP contribution < -0.4 is 10.6 Å². The minimum Gasteiger partial charge on any atom is -0.351 e. The van der Waals surface area contributed by atoms with E-state index >= 15 is 0 Å². The second-order valence-electron chi connectivity index (χ2n) is 5.94. The van der Waals surface area contributed by atoms with Gasteiger partial charge in [0.15, 0.2) is 0 Å². The summed E-state index contributed by atoms with van der Waals surface area (Å²) in [5.41, 5.74) is 2.63. The Hall–Kier alpha value is -1.00. The fraction of sp³-hybridized carbons (Fsp3) is 0.533. The molecule has 0 radical (unpaired) electrons. The smallest absolute Gasteiger partial charge is 0.238 e. The van der Waals surface area contributed by atoms with E-state index in [1.165, 1.54) is 5.56 Å². The third-order valence-corrected chi connectivity index (χ3v) is 4.26. The first-order valence-electron chi connectivity index (χ1n) is 6.65. The van der Waals surface area contributed by atoms with Crippen LogP contribution in [-0.2, 0) is 16.8 Å². The van der Waals surface area contributed by atoms with Gasteiger partial charge < -0.3 is 5.32 Å². The van der Waals surface area contributed by atoms with Crippen LogP contribution in [0.3, 0.4) is 0 Å². The maximum Gasteiger partial charge on any atom is 0.238 e. The topological polar surface area (TPSA) is 41.1 Å². The molecule has 1 aliphatic heterocycles. The van der Waals surface area contributed by atoms with E-state index in [0.29, 0.717) is 6.54 Å². The van der Waals surface area contributed by atoms with Crippen molar-refractivity contribution in [1.29, 1.82) is 0 Å². The van der Waals surface area contributed by atoms with Crippen LogP contribution in [0.25, 0.3) is 0 Å². The molecule has 1 aromatic rings. The lowest BCUT2D eigenvalue weighted by Crippen LogP contribution is -2.41. The fourth-order valence-corrected chi connectivity index (χ4v) is 2.94. The van der Waals surface area contributed by atoms with Gasteiger partial charge >= 0.3 is 0 Å². The molecule has 1 heterocycles. The van der Waals surface area contributed by atoms with E-state index in [1.807, 2.05) is 0 Å². The molecule has 2 N–H and O–H groups in total. The number of nitrogens with one attached hydrogen (secondary N) is 2. The van der Waals surface area contributed by atoms with Crippen LogP contribution in [-0.4, -0.2) is 23.6 Å². The number of carbonyl (C=O) groups excluding carboxylic acids is 1. The highest BCUT2D eigenvalue weighted by atomic mass is 32.2. The lowest BCUT2D eigenvalue weighted by Gasteiger charge is -2.19. The summed E-state index contributed by atoms with van der Waals surface area (Å²) in [5, 5.41) is 6.16. The molecule has 3 nitrogen and oxygen atoms in total. The highest BCUT2D eigenvalue weighted by molar-refractivity contribution is 7.99. The number of thioether (sulfide) groups is 1. The first-order valence-corrected chi connectivity index (χ1v) is 7.80. The minimum atomic E-state index is -0.0288. The summed E-state index contributed by atoms with van der Waals surface area (Å²) < 4.78 is 0. The Kier molecular flexibility index (Phi) is 4.53. The van der Waals surface area contributed by atoms with Gasteiger partial charge in [0.1, 0.15) is 0 Å². The lowest BCUT2D eigenvalue weighted by atomic mass is 9.87. The van der Waals surface area contributed by atoms with Gasteiger partial charge in [-0.05, 0) is 16.5 Å². The summed E-state index contributed by atoms with van der Waals surface area (Å²) in [7, 11) is 0. The van der Waals surface area contributed by atoms with Crippen molar-refractivity contribution in [1.82, 2.24) is 10.6 Å². The van der Waals surface area contributed by atoms with Gasteiger partial charge in [0.2, 0.25) is 5.91 Å². The Morgan fingerprint density at radius 1 is 1.37 bits per heavy atom. The third-order valence-electron chi connectivity index (χ3n) is 3.32. The molecule has 1 atom stereocenters. The maximum absolute atomic E-state index is 11.9. The summed E-state index contributed by atoms with van der Waals surface area (Å²) in [6.07, 6.45) is 0. The Balaban J connectivity index is 1.87. The monoisotopic (exact) mass is 278 g/mol. The van der Waals surface area contributed by atoms with Crippen LogP contribution in [0.15, 0.2) is 24.3 Å². The van der Waals surface area contributed by atoms with Gasteiger partial charge in [-0.3, -0.25) is 10.1 Å². The van der Waals surface area contributed by atoms with Crippen molar-refractivity contribution < 1.29 is 4.79 Å². The Bertz CT molecular complexity index is 430.